The maximum atomic E-state index is 12.1. The highest BCUT2D eigenvalue weighted by atomic mass is 79.9. The van der Waals surface area contributed by atoms with Gasteiger partial charge < -0.3 is 5.32 Å². The summed E-state index contributed by atoms with van der Waals surface area (Å²) in [5.41, 5.74) is 0.839. The summed E-state index contributed by atoms with van der Waals surface area (Å²) < 4.78 is 0.920. The smallest absolute Gasteiger partial charge is 0.238 e. The molecule has 2 rings (SSSR count). The first-order valence-electron chi connectivity index (χ1n) is 6.81. The maximum absolute atomic E-state index is 12.1. The number of amides is 1. The Morgan fingerprint density at radius 3 is 2.58 bits per heavy atom. The van der Waals surface area contributed by atoms with Crippen LogP contribution in [0.4, 0.5) is 5.69 Å². The van der Waals surface area contributed by atoms with E-state index in [-0.39, 0.29) is 5.91 Å². The van der Waals surface area contributed by atoms with Crippen molar-refractivity contribution in [2.24, 2.45) is 11.8 Å². The van der Waals surface area contributed by atoms with Crippen LogP contribution in [0.3, 0.4) is 0 Å². The van der Waals surface area contributed by atoms with Gasteiger partial charge >= 0.3 is 0 Å². The quantitative estimate of drug-likeness (QED) is 0.924. The highest BCUT2D eigenvalue weighted by Crippen LogP contribution is 2.22. The van der Waals surface area contributed by atoms with Crippen molar-refractivity contribution in [1.29, 1.82) is 0 Å². The Morgan fingerprint density at radius 1 is 1.32 bits per heavy atom. The van der Waals surface area contributed by atoms with Crippen molar-refractivity contribution in [2.75, 3.05) is 25.0 Å². The van der Waals surface area contributed by atoms with Gasteiger partial charge in [0.25, 0.3) is 0 Å². The first-order chi connectivity index (χ1) is 9.04. The molecule has 0 radical (unpaired) electrons. The molecule has 1 aromatic rings. The molecular formula is C15H21BrN2O. The second-order valence-corrected chi connectivity index (χ2v) is 6.52. The van der Waals surface area contributed by atoms with E-state index in [1.165, 1.54) is 6.42 Å². The van der Waals surface area contributed by atoms with Crippen molar-refractivity contribution in [2.45, 2.75) is 20.3 Å². The van der Waals surface area contributed by atoms with E-state index < -0.39 is 0 Å². The van der Waals surface area contributed by atoms with Crippen LogP contribution in [0.2, 0.25) is 0 Å². The summed E-state index contributed by atoms with van der Waals surface area (Å²) >= 11 is 3.44. The minimum absolute atomic E-state index is 0.0631. The number of anilines is 1. The molecule has 1 N–H and O–H groups in total. The fourth-order valence-corrected chi connectivity index (χ4v) is 3.26. The molecule has 1 amide bonds. The Kier molecular flexibility index (Phi) is 4.99. The maximum Gasteiger partial charge on any atom is 0.238 e. The van der Waals surface area contributed by atoms with E-state index in [0.29, 0.717) is 18.4 Å². The average molecular weight is 325 g/mol. The van der Waals surface area contributed by atoms with Crippen LogP contribution in [0.1, 0.15) is 20.3 Å². The Balaban J connectivity index is 1.89. The Morgan fingerprint density at radius 2 is 1.95 bits per heavy atom. The number of halogens is 1. The highest BCUT2D eigenvalue weighted by Gasteiger charge is 2.23. The van der Waals surface area contributed by atoms with E-state index in [1.807, 2.05) is 24.3 Å². The summed E-state index contributed by atoms with van der Waals surface area (Å²) in [6, 6.07) is 7.70. The van der Waals surface area contributed by atoms with Gasteiger partial charge in [-0.2, -0.15) is 0 Å². The van der Waals surface area contributed by atoms with Gasteiger partial charge in [-0.15, -0.1) is 0 Å². The van der Waals surface area contributed by atoms with Crippen molar-refractivity contribution in [3.05, 3.63) is 28.7 Å². The number of hydrogen-bond acceptors (Lipinski definition) is 2. The summed E-state index contributed by atoms with van der Waals surface area (Å²) in [4.78, 5) is 14.3. The predicted octanol–water partition coefficient (Wildman–Crippen LogP) is 3.37. The van der Waals surface area contributed by atoms with Gasteiger partial charge in [0.2, 0.25) is 5.91 Å². The van der Waals surface area contributed by atoms with Gasteiger partial charge in [-0.25, -0.2) is 0 Å². The van der Waals surface area contributed by atoms with Crippen LogP contribution in [0.15, 0.2) is 28.7 Å². The third-order valence-corrected chi connectivity index (χ3v) is 4.15. The lowest BCUT2D eigenvalue weighted by molar-refractivity contribution is -0.117. The molecule has 0 aliphatic carbocycles. The first-order valence-corrected chi connectivity index (χ1v) is 7.60. The Bertz CT molecular complexity index is 440. The standard InChI is InChI=1S/C15H21BrN2O/c1-11-7-12(2)9-18(8-11)10-15(19)17-14-6-4-3-5-13(14)16/h3-6,11-12H,7-10H2,1-2H3,(H,17,19)/t11-,12-/m1/s1. The second-order valence-electron chi connectivity index (χ2n) is 5.67. The first kappa shape index (κ1) is 14.5. The van der Waals surface area contributed by atoms with E-state index in [1.54, 1.807) is 0 Å². The topological polar surface area (TPSA) is 32.3 Å². The second kappa shape index (κ2) is 6.53. The molecule has 1 fully saturated rings. The molecular weight excluding hydrogens is 304 g/mol. The fraction of sp³-hybridized carbons (Fsp3) is 0.533. The van der Waals surface area contributed by atoms with Gasteiger partial charge in [-0.05, 0) is 46.3 Å². The van der Waals surface area contributed by atoms with Crippen molar-refractivity contribution in [3.8, 4) is 0 Å². The molecule has 0 saturated carbocycles. The minimum Gasteiger partial charge on any atom is -0.324 e. The van der Waals surface area contributed by atoms with E-state index in [0.717, 1.165) is 23.2 Å². The lowest BCUT2D eigenvalue weighted by Crippen LogP contribution is -2.42. The van der Waals surface area contributed by atoms with Gasteiger partial charge in [0.05, 0.1) is 12.2 Å². The van der Waals surface area contributed by atoms with E-state index in [4.69, 9.17) is 0 Å². The van der Waals surface area contributed by atoms with Crippen molar-refractivity contribution in [1.82, 2.24) is 4.90 Å². The third kappa shape index (κ3) is 4.32. The van der Waals surface area contributed by atoms with Crippen LogP contribution in [-0.2, 0) is 4.79 Å². The zero-order chi connectivity index (χ0) is 13.8. The Labute approximate surface area is 123 Å². The summed E-state index contributed by atoms with van der Waals surface area (Å²) in [7, 11) is 0. The molecule has 4 heteroatoms. The van der Waals surface area contributed by atoms with Crippen LogP contribution in [0.5, 0.6) is 0 Å². The van der Waals surface area contributed by atoms with Crippen molar-refractivity contribution in [3.63, 3.8) is 0 Å². The zero-order valence-electron chi connectivity index (χ0n) is 11.5. The lowest BCUT2D eigenvalue weighted by Gasteiger charge is -2.34. The van der Waals surface area contributed by atoms with Crippen LogP contribution in [0.25, 0.3) is 0 Å². The molecule has 0 aromatic heterocycles. The van der Waals surface area contributed by atoms with E-state index >= 15 is 0 Å². The number of nitrogens with zero attached hydrogens (tertiary/aromatic N) is 1. The summed E-state index contributed by atoms with van der Waals surface area (Å²) in [6.07, 6.45) is 1.27. The SMILES string of the molecule is C[C@@H]1C[C@@H](C)CN(CC(=O)Nc2ccccc2Br)C1. The Hall–Kier alpha value is -0.870. The molecule has 0 spiro atoms. The van der Waals surface area contributed by atoms with Gasteiger partial charge in [-0.1, -0.05) is 26.0 Å². The molecule has 3 nitrogen and oxygen atoms in total. The van der Waals surface area contributed by atoms with Gasteiger partial charge in [0.15, 0.2) is 0 Å². The normalized spacial score (nSPS) is 24.2. The van der Waals surface area contributed by atoms with Gasteiger partial charge in [0, 0.05) is 17.6 Å². The number of hydrogen-bond donors (Lipinski definition) is 1. The number of likely N-dealkylation sites (tertiary alicyclic amines) is 1. The molecule has 1 heterocycles. The molecule has 1 aliphatic heterocycles. The largest absolute Gasteiger partial charge is 0.324 e. The number of nitrogens with one attached hydrogen (secondary N) is 1. The fourth-order valence-electron chi connectivity index (χ4n) is 2.88. The molecule has 19 heavy (non-hydrogen) atoms. The average Bonchev–Trinajstić information content (AvgIpc) is 2.30. The molecule has 1 saturated heterocycles. The molecule has 0 unspecified atom stereocenters. The predicted molar refractivity (Wildman–Crippen MR) is 82.2 cm³/mol. The number of benzene rings is 1. The molecule has 1 aromatic carbocycles. The third-order valence-electron chi connectivity index (χ3n) is 3.46. The lowest BCUT2D eigenvalue weighted by atomic mass is 9.92. The zero-order valence-corrected chi connectivity index (χ0v) is 13.1. The van der Waals surface area contributed by atoms with Gasteiger partial charge in [-0.3, -0.25) is 9.69 Å². The van der Waals surface area contributed by atoms with E-state index in [9.17, 15) is 4.79 Å². The molecule has 2 atom stereocenters. The van der Waals surface area contributed by atoms with Gasteiger partial charge in [0.1, 0.15) is 0 Å². The monoisotopic (exact) mass is 324 g/mol. The van der Waals surface area contributed by atoms with Crippen LogP contribution >= 0.6 is 15.9 Å². The van der Waals surface area contributed by atoms with Crippen molar-refractivity contribution < 1.29 is 4.79 Å². The number of piperidine rings is 1. The minimum atomic E-state index is 0.0631. The van der Waals surface area contributed by atoms with Crippen LogP contribution < -0.4 is 5.32 Å². The number of rotatable bonds is 3. The number of para-hydroxylation sites is 1. The number of carbonyl (C=O) groups is 1. The summed E-state index contributed by atoms with van der Waals surface area (Å²) in [5, 5.41) is 2.96. The summed E-state index contributed by atoms with van der Waals surface area (Å²) in [5.74, 6) is 1.42. The van der Waals surface area contributed by atoms with Crippen LogP contribution in [0, 0.1) is 11.8 Å². The molecule has 0 bridgehead atoms. The molecule has 104 valence electrons. The molecule has 1 aliphatic rings. The summed E-state index contributed by atoms with van der Waals surface area (Å²) in [6.45, 7) is 7.04. The van der Waals surface area contributed by atoms with Crippen LogP contribution in [-0.4, -0.2) is 30.4 Å². The van der Waals surface area contributed by atoms with Crippen molar-refractivity contribution >= 4 is 27.5 Å². The van der Waals surface area contributed by atoms with E-state index in [2.05, 4.69) is 40.0 Å². The highest BCUT2D eigenvalue weighted by molar-refractivity contribution is 9.10. The number of carbonyl (C=O) groups excluding carboxylic acids is 1.